The summed E-state index contributed by atoms with van der Waals surface area (Å²) in [7, 11) is 3.50. The third-order valence-electron chi connectivity index (χ3n) is 5.13. The third kappa shape index (κ3) is 4.70. The number of halogens is 1. The average molecular weight is 451 g/mol. The maximum absolute atomic E-state index is 13.3. The van der Waals surface area contributed by atoms with E-state index in [1.54, 1.807) is 25.4 Å². The van der Waals surface area contributed by atoms with Crippen LogP contribution in [0.3, 0.4) is 0 Å². The predicted molar refractivity (Wildman–Crippen MR) is 122 cm³/mol. The van der Waals surface area contributed by atoms with E-state index in [1.165, 1.54) is 23.5 Å². The van der Waals surface area contributed by atoms with Gasteiger partial charge in [0.25, 0.3) is 5.91 Å². The van der Waals surface area contributed by atoms with Crippen molar-refractivity contribution < 1.29 is 13.9 Å². The van der Waals surface area contributed by atoms with Gasteiger partial charge < -0.3 is 14.6 Å². The summed E-state index contributed by atoms with van der Waals surface area (Å²) < 4.78 is 20.4. The minimum atomic E-state index is -0.459. The minimum Gasteiger partial charge on any atom is -0.497 e. The molecule has 0 radical (unpaired) electrons. The first-order valence-corrected chi connectivity index (χ1v) is 10.9. The van der Waals surface area contributed by atoms with Gasteiger partial charge in [-0.3, -0.25) is 4.79 Å². The number of carbonyl (C=O) groups is 1. The molecule has 0 aliphatic rings. The van der Waals surface area contributed by atoms with Crippen molar-refractivity contribution in [2.24, 2.45) is 7.05 Å². The first-order chi connectivity index (χ1) is 15.4. The molecule has 2 aromatic carbocycles. The Morgan fingerprint density at radius 3 is 2.72 bits per heavy atom. The van der Waals surface area contributed by atoms with Crippen LogP contribution in [0.15, 0.2) is 60.9 Å². The van der Waals surface area contributed by atoms with Crippen LogP contribution in [0.2, 0.25) is 0 Å². The number of rotatable bonds is 7. The number of benzene rings is 2. The molecule has 0 saturated heterocycles. The molecule has 0 saturated carbocycles. The number of nitrogens with zero attached hydrogens (tertiary/aromatic N) is 3. The lowest BCUT2D eigenvalue weighted by atomic mass is 10.1. The summed E-state index contributed by atoms with van der Waals surface area (Å²) in [5.74, 6) is 0.912. The van der Waals surface area contributed by atoms with E-state index < -0.39 is 6.04 Å². The van der Waals surface area contributed by atoms with Crippen molar-refractivity contribution in [2.75, 3.05) is 7.11 Å². The number of hydrogen-bond donors (Lipinski definition) is 1. The van der Waals surface area contributed by atoms with Crippen LogP contribution in [0.5, 0.6) is 5.75 Å². The van der Waals surface area contributed by atoms with Gasteiger partial charge in [-0.2, -0.15) is 0 Å². The zero-order valence-corrected chi connectivity index (χ0v) is 18.8. The van der Waals surface area contributed by atoms with E-state index in [0.29, 0.717) is 28.6 Å². The molecule has 1 N–H and O–H groups in total. The van der Waals surface area contributed by atoms with Gasteiger partial charge in [0.2, 0.25) is 0 Å². The number of nitrogens with one attached hydrogen (secondary N) is 1. The van der Waals surface area contributed by atoms with Crippen molar-refractivity contribution in [3.05, 3.63) is 99.3 Å². The molecule has 4 aromatic rings. The zero-order valence-electron chi connectivity index (χ0n) is 18.0. The monoisotopic (exact) mass is 450 g/mol. The molecule has 8 heteroatoms. The SMILES string of the molecule is COc1cccc(C(NC(=O)c2sc(Cc3ccc(F)cc3)nc2C)c2nccn2C)c1. The summed E-state index contributed by atoms with van der Waals surface area (Å²) in [6.07, 6.45) is 4.08. The lowest BCUT2D eigenvalue weighted by molar-refractivity contribution is 0.0944. The van der Waals surface area contributed by atoms with Crippen molar-refractivity contribution in [1.82, 2.24) is 19.9 Å². The highest BCUT2D eigenvalue weighted by atomic mass is 32.1. The van der Waals surface area contributed by atoms with E-state index in [2.05, 4.69) is 15.3 Å². The fraction of sp³-hybridized carbons (Fsp3) is 0.208. The summed E-state index contributed by atoms with van der Waals surface area (Å²) in [5.41, 5.74) is 2.46. The van der Waals surface area contributed by atoms with Crippen LogP contribution in [-0.4, -0.2) is 27.6 Å². The summed E-state index contributed by atoms with van der Waals surface area (Å²) >= 11 is 1.34. The highest BCUT2D eigenvalue weighted by Crippen LogP contribution is 2.27. The van der Waals surface area contributed by atoms with Gasteiger partial charge in [0.1, 0.15) is 28.3 Å². The molecule has 0 bridgehead atoms. The van der Waals surface area contributed by atoms with Gasteiger partial charge in [0, 0.05) is 25.9 Å². The summed E-state index contributed by atoms with van der Waals surface area (Å²) in [6, 6.07) is 13.4. The highest BCUT2D eigenvalue weighted by molar-refractivity contribution is 7.13. The highest BCUT2D eigenvalue weighted by Gasteiger charge is 2.24. The maximum atomic E-state index is 13.3. The molecule has 6 nitrogen and oxygen atoms in total. The van der Waals surface area contributed by atoms with Crippen molar-refractivity contribution >= 4 is 17.2 Å². The van der Waals surface area contributed by atoms with Gasteiger partial charge in [-0.1, -0.05) is 24.3 Å². The standard InChI is InChI=1S/C24H23FN4O2S/c1-15-22(32-20(27-15)13-16-7-9-18(25)10-8-16)24(30)28-21(23-26-11-12-29(23)2)17-5-4-6-19(14-17)31-3/h4-12,14,21H,13H2,1-3H3,(H,28,30). The van der Waals surface area contributed by atoms with Crippen molar-refractivity contribution in [1.29, 1.82) is 0 Å². The molecule has 4 rings (SSSR count). The average Bonchev–Trinajstić information content (AvgIpc) is 3.38. The normalized spacial score (nSPS) is 11.9. The van der Waals surface area contributed by atoms with Crippen molar-refractivity contribution in [3.63, 3.8) is 0 Å². The van der Waals surface area contributed by atoms with Gasteiger partial charge in [0.05, 0.1) is 17.8 Å². The maximum Gasteiger partial charge on any atom is 0.264 e. The number of carbonyl (C=O) groups excluding carboxylic acids is 1. The van der Waals surface area contributed by atoms with Crippen molar-refractivity contribution in [3.8, 4) is 5.75 Å². The number of methoxy groups -OCH3 is 1. The van der Waals surface area contributed by atoms with Crippen LogP contribution in [-0.2, 0) is 13.5 Å². The molecule has 32 heavy (non-hydrogen) atoms. The van der Waals surface area contributed by atoms with E-state index in [0.717, 1.165) is 16.1 Å². The molecule has 2 heterocycles. The molecule has 1 amide bonds. The Hall–Kier alpha value is -3.52. The Morgan fingerprint density at radius 2 is 2.03 bits per heavy atom. The molecule has 164 valence electrons. The van der Waals surface area contributed by atoms with Crippen LogP contribution in [0.25, 0.3) is 0 Å². The molecule has 1 atom stereocenters. The van der Waals surface area contributed by atoms with Gasteiger partial charge in [-0.05, 0) is 42.3 Å². The first-order valence-electron chi connectivity index (χ1n) is 10.1. The second-order valence-electron chi connectivity index (χ2n) is 7.40. The topological polar surface area (TPSA) is 69.0 Å². The van der Waals surface area contributed by atoms with E-state index in [-0.39, 0.29) is 11.7 Å². The molecule has 0 spiro atoms. The number of amides is 1. The van der Waals surface area contributed by atoms with Crippen LogP contribution < -0.4 is 10.1 Å². The van der Waals surface area contributed by atoms with Crippen LogP contribution in [0.4, 0.5) is 4.39 Å². The molecular weight excluding hydrogens is 427 g/mol. The van der Waals surface area contributed by atoms with Gasteiger partial charge in [0.15, 0.2) is 0 Å². The van der Waals surface area contributed by atoms with Gasteiger partial charge in [-0.25, -0.2) is 14.4 Å². The minimum absolute atomic E-state index is 0.221. The molecule has 1 unspecified atom stereocenters. The van der Waals surface area contributed by atoms with Gasteiger partial charge in [-0.15, -0.1) is 11.3 Å². The van der Waals surface area contributed by atoms with E-state index in [1.807, 2.05) is 49.0 Å². The zero-order chi connectivity index (χ0) is 22.7. The van der Waals surface area contributed by atoms with Crippen LogP contribution in [0.1, 0.15) is 43.4 Å². The smallest absolute Gasteiger partial charge is 0.264 e. The Balaban J connectivity index is 1.60. The van der Waals surface area contributed by atoms with Crippen molar-refractivity contribution in [2.45, 2.75) is 19.4 Å². The fourth-order valence-corrected chi connectivity index (χ4v) is 4.49. The predicted octanol–water partition coefficient (Wildman–Crippen LogP) is 4.44. The number of thiazole rings is 1. The Morgan fingerprint density at radius 1 is 1.25 bits per heavy atom. The van der Waals surface area contributed by atoms with E-state index >= 15 is 0 Å². The second-order valence-corrected chi connectivity index (χ2v) is 8.49. The van der Waals surface area contributed by atoms with Crippen LogP contribution >= 0.6 is 11.3 Å². The molecular formula is C24H23FN4O2S. The number of ether oxygens (including phenoxy) is 1. The van der Waals surface area contributed by atoms with E-state index in [9.17, 15) is 9.18 Å². The first kappa shape index (κ1) is 21.7. The van der Waals surface area contributed by atoms with Crippen LogP contribution in [0, 0.1) is 12.7 Å². The lowest BCUT2D eigenvalue weighted by Crippen LogP contribution is -2.31. The molecule has 0 aliphatic heterocycles. The Kier molecular flexibility index (Phi) is 6.32. The third-order valence-corrected chi connectivity index (χ3v) is 6.29. The number of imidazole rings is 1. The summed E-state index contributed by atoms with van der Waals surface area (Å²) in [6.45, 7) is 1.82. The number of aromatic nitrogens is 3. The quantitative estimate of drug-likeness (QED) is 0.452. The second kappa shape index (κ2) is 9.32. The largest absolute Gasteiger partial charge is 0.497 e. The lowest BCUT2D eigenvalue weighted by Gasteiger charge is -2.19. The van der Waals surface area contributed by atoms with Gasteiger partial charge >= 0.3 is 0 Å². The summed E-state index contributed by atoms with van der Waals surface area (Å²) in [4.78, 5) is 22.8. The molecule has 0 aliphatic carbocycles. The number of aryl methyl sites for hydroxylation is 2. The Bertz CT molecular complexity index is 1230. The van der Waals surface area contributed by atoms with E-state index in [4.69, 9.17) is 4.74 Å². The summed E-state index contributed by atoms with van der Waals surface area (Å²) in [5, 5.41) is 3.91. The Labute approximate surface area is 189 Å². The fourth-order valence-electron chi connectivity index (χ4n) is 3.49. The molecule has 2 aromatic heterocycles. The number of hydrogen-bond acceptors (Lipinski definition) is 5. The molecule has 0 fully saturated rings.